The third-order valence-electron chi connectivity index (χ3n) is 6.45. The van der Waals surface area contributed by atoms with E-state index in [0.717, 1.165) is 49.2 Å². The molecule has 1 saturated heterocycles. The van der Waals surface area contributed by atoms with Crippen LogP contribution >= 0.6 is 11.6 Å². The first-order valence-electron chi connectivity index (χ1n) is 11.5. The molecule has 0 amide bonds. The highest BCUT2D eigenvalue weighted by Gasteiger charge is 2.31. The molecule has 1 fully saturated rings. The second kappa shape index (κ2) is 8.67. The zero-order valence-electron chi connectivity index (χ0n) is 19.0. The van der Waals surface area contributed by atoms with E-state index in [1.54, 1.807) is 16.6 Å². The molecule has 0 aliphatic carbocycles. The average Bonchev–Trinajstić information content (AvgIpc) is 3.32. The number of para-hydroxylation sites is 1. The minimum Gasteiger partial charge on any atom is -0.368 e. The fourth-order valence-corrected chi connectivity index (χ4v) is 4.83. The Balaban J connectivity index is 1.44. The maximum atomic E-state index is 13.4. The van der Waals surface area contributed by atoms with E-state index in [4.69, 9.17) is 16.6 Å². The number of rotatable bonds is 3. The number of hydrogen-bond donors (Lipinski definition) is 0. The van der Waals surface area contributed by atoms with Crippen LogP contribution in [-0.2, 0) is 6.18 Å². The lowest BCUT2D eigenvalue weighted by Crippen LogP contribution is -2.47. The maximum Gasteiger partial charge on any atom is 0.416 e. The van der Waals surface area contributed by atoms with Crippen LogP contribution in [0, 0.1) is 0 Å². The minimum atomic E-state index is -4.46. The van der Waals surface area contributed by atoms with Gasteiger partial charge in [0.25, 0.3) is 0 Å². The van der Waals surface area contributed by atoms with Gasteiger partial charge in [-0.05, 0) is 42.5 Å². The molecule has 6 rings (SSSR count). The smallest absolute Gasteiger partial charge is 0.368 e. The summed E-state index contributed by atoms with van der Waals surface area (Å²) in [6, 6.07) is 20.7. The van der Waals surface area contributed by atoms with E-state index < -0.39 is 11.7 Å². The highest BCUT2D eigenvalue weighted by atomic mass is 35.5. The van der Waals surface area contributed by atoms with Gasteiger partial charge in [0, 0.05) is 47.8 Å². The summed E-state index contributed by atoms with van der Waals surface area (Å²) in [5.74, 6) is 0.711. The largest absolute Gasteiger partial charge is 0.416 e. The summed E-state index contributed by atoms with van der Waals surface area (Å²) in [6.07, 6.45) is -4.46. The van der Waals surface area contributed by atoms with E-state index in [0.29, 0.717) is 27.7 Å². The molecule has 3 aromatic carbocycles. The van der Waals surface area contributed by atoms with Crippen molar-refractivity contribution in [1.82, 2.24) is 19.8 Å². The molecule has 6 nitrogen and oxygen atoms in total. The van der Waals surface area contributed by atoms with Crippen LogP contribution in [0.25, 0.3) is 27.8 Å². The first-order chi connectivity index (χ1) is 17.4. The summed E-state index contributed by atoms with van der Waals surface area (Å²) in [5, 5.41) is 9.83. The Hall–Kier alpha value is -3.85. The number of fused-ring (bicyclic) bond motifs is 3. The molecular weight excluding hydrogens is 489 g/mol. The molecular formula is C26H20ClF3N6. The average molecular weight is 509 g/mol. The van der Waals surface area contributed by atoms with Crippen LogP contribution in [0.15, 0.2) is 72.8 Å². The molecule has 1 aliphatic heterocycles. The molecule has 1 aliphatic rings. The first kappa shape index (κ1) is 22.6. The molecule has 3 heterocycles. The lowest BCUT2D eigenvalue weighted by atomic mass is 10.1. The van der Waals surface area contributed by atoms with Crippen molar-refractivity contribution in [2.75, 3.05) is 36.0 Å². The fourth-order valence-electron chi connectivity index (χ4n) is 4.66. The SMILES string of the molecule is FC(F)(F)c1cccc(-c2nnn3c2nc(N2CCN(c4ccccc4)CC2)c2cc(Cl)ccc23)c1. The summed E-state index contributed by atoms with van der Waals surface area (Å²) in [4.78, 5) is 9.40. The van der Waals surface area contributed by atoms with Gasteiger partial charge in [-0.3, -0.25) is 0 Å². The van der Waals surface area contributed by atoms with Gasteiger partial charge in [-0.2, -0.15) is 17.7 Å². The number of piperazine rings is 1. The number of halogens is 4. The van der Waals surface area contributed by atoms with Gasteiger partial charge in [0.15, 0.2) is 5.65 Å². The summed E-state index contributed by atoms with van der Waals surface area (Å²) < 4.78 is 41.6. The van der Waals surface area contributed by atoms with Crippen molar-refractivity contribution in [2.45, 2.75) is 6.18 Å². The Morgan fingerprint density at radius 3 is 2.31 bits per heavy atom. The van der Waals surface area contributed by atoms with Gasteiger partial charge >= 0.3 is 6.18 Å². The Labute approximate surface area is 209 Å². The van der Waals surface area contributed by atoms with Crippen LogP contribution in [0.3, 0.4) is 0 Å². The Morgan fingerprint density at radius 1 is 0.806 bits per heavy atom. The van der Waals surface area contributed by atoms with Crippen molar-refractivity contribution >= 4 is 39.7 Å². The molecule has 2 aromatic heterocycles. The second-order valence-electron chi connectivity index (χ2n) is 8.66. The number of anilines is 2. The van der Waals surface area contributed by atoms with Gasteiger partial charge < -0.3 is 9.80 Å². The van der Waals surface area contributed by atoms with Gasteiger partial charge in [0.2, 0.25) is 0 Å². The van der Waals surface area contributed by atoms with Crippen molar-refractivity contribution in [1.29, 1.82) is 0 Å². The fraction of sp³-hybridized carbons (Fsp3) is 0.192. The van der Waals surface area contributed by atoms with Crippen LogP contribution in [0.1, 0.15) is 5.56 Å². The number of aromatic nitrogens is 4. The minimum absolute atomic E-state index is 0.294. The normalized spacial score (nSPS) is 14.7. The van der Waals surface area contributed by atoms with E-state index in [2.05, 4.69) is 32.2 Å². The molecule has 0 saturated carbocycles. The van der Waals surface area contributed by atoms with Crippen molar-refractivity contribution in [2.24, 2.45) is 0 Å². The zero-order valence-corrected chi connectivity index (χ0v) is 19.7. The number of nitrogens with zero attached hydrogens (tertiary/aromatic N) is 6. The summed E-state index contributed by atoms with van der Waals surface area (Å²) in [7, 11) is 0. The molecule has 0 atom stereocenters. The van der Waals surface area contributed by atoms with E-state index in [1.165, 1.54) is 11.8 Å². The van der Waals surface area contributed by atoms with Crippen molar-refractivity contribution in [3.8, 4) is 11.3 Å². The Kier molecular flexibility index (Phi) is 5.44. The number of benzene rings is 3. The van der Waals surface area contributed by atoms with E-state index in [9.17, 15) is 13.2 Å². The lowest BCUT2D eigenvalue weighted by molar-refractivity contribution is -0.137. The van der Waals surface area contributed by atoms with Crippen LogP contribution in [0.4, 0.5) is 24.7 Å². The Bertz CT molecular complexity index is 1560. The van der Waals surface area contributed by atoms with Gasteiger partial charge in [-0.1, -0.05) is 47.1 Å². The summed E-state index contributed by atoms with van der Waals surface area (Å²) >= 11 is 6.34. The monoisotopic (exact) mass is 508 g/mol. The van der Waals surface area contributed by atoms with Gasteiger partial charge in [0.05, 0.1) is 11.1 Å². The topological polar surface area (TPSA) is 49.6 Å². The molecule has 0 bridgehead atoms. The molecule has 0 N–H and O–H groups in total. The molecule has 0 radical (unpaired) electrons. The quantitative estimate of drug-likeness (QED) is 0.302. The third kappa shape index (κ3) is 3.99. The highest BCUT2D eigenvalue weighted by Crippen LogP contribution is 2.35. The van der Waals surface area contributed by atoms with Gasteiger partial charge in [-0.15, -0.1) is 5.10 Å². The molecule has 0 spiro atoms. The van der Waals surface area contributed by atoms with E-state index in [-0.39, 0.29) is 0 Å². The molecule has 0 unspecified atom stereocenters. The summed E-state index contributed by atoms with van der Waals surface area (Å²) in [5.41, 5.74) is 2.15. The van der Waals surface area contributed by atoms with E-state index >= 15 is 0 Å². The summed E-state index contributed by atoms with van der Waals surface area (Å²) in [6.45, 7) is 3.05. The van der Waals surface area contributed by atoms with Crippen LogP contribution in [-0.4, -0.2) is 46.0 Å². The van der Waals surface area contributed by atoms with Crippen molar-refractivity contribution in [3.05, 3.63) is 83.4 Å². The molecule has 182 valence electrons. The third-order valence-corrected chi connectivity index (χ3v) is 6.69. The van der Waals surface area contributed by atoms with E-state index in [1.807, 2.05) is 30.3 Å². The van der Waals surface area contributed by atoms with Crippen LogP contribution in [0.5, 0.6) is 0 Å². The standard InChI is InChI=1S/C26H20ClF3N6/c27-19-9-10-22-21(16-19)24(35-13-11-34(12-14-35)20-7-2-1-3-8-20)31-25-23(32-33-36(22)25)17-5-4-6-18(15-17)26(28,29)30/h1-10,15-16H,11-14H2. The predicted molar refractivity (Wildman–Crippen MR) is 135 cm³/mol. The lowest BCUT2D eigenvalue weighted by Gasteiger charge is -2.37. The highest BCUT2D eigenvalue weighted by molar-refractivity contribution is 6.31. The number of hydrogen-bond acceptors (Lipinski definition) is 5. The van der Waals surface area contributed by atoms with Gasteiger partial charge in [-0.25, -0.2) is 4.98 Å². The maximum absolute atomic E-state index is 13.4. The van der Waals surface area contributed by atoms with Gasteiger partial charge in [0.1, 0.15) is 11.5 Å². The van der Waals surface area contributed by atoms with Crippen molar-refractivity contribution in [3.63, 3.8) is 0 Å². The zero-order chi connectivity index (χ0) is 24.9. The molecule has 36 heavy (non-hydrogen) atoms. The van der Waals surface area contributed by atoms with Crippen LogP contribution < -0.4 is 9.80 Å². The molecule has 10 heteroatoms. The van der Waals surface area contributed by atoms with Crippen LogP contribution in [0.2, 0.25) is 5.02 Å². The molecule has 5 aromatic rings. The second-order valence-corrected chi connectivity index (χ2v) is 9.09. The van der Waals surface area contributed by atoms with Crippen molar-refractivity contribution < 1.29 is 13.2 Å². The first-order valence-corrected chi connectivity index (χ1v) is 11.8. The number of alkyl halides is 3. The Morgan fingerprint density at radius 2 is 1.56 bits per heavy atom. The predicted octanol–water partition coefficient (Wildman–Crippen LogP) is 5.94.